The van der Waals surface area contributed by atoms with Crippen LogP contribution < -0.4 is 0 Å². The molecule has 0 aliphatic carbocycles. The third kappa shape index (κ3) is 7.50. The van der Waals surface area contributed by atoms with Gasteiger partial charge >= 0.3 is 5.97 Å². The SMILES string of the molecule is CCCC(O)O.O=C1CCCO1. The predicted octanol–water partition coefficient (Wildman–Crippen LogP) is 0.421. The Morgan fingerprint density at radius 1 is 1.58 bits per heavy atom. The molecule has 0 unspecified atom stereocenters. The van der Waals surface area contributed by atoms with E-state index >= 15 is 0 Å². The zero-order chi connectivity index (χ0) is 9.40. The quantitative estimate of drug-likeness (QED) is 0.472. The molecule has 0 aromatic carbocycles. The molecule has 0 aromatic heterocycles. The highest BCUT2D eigenvalue weighted by Crippen LogP contribution is 2.01. The van der Waals surface area contributed by atoms with Crippen LogP contribution in [0.2, 0.25) is 0 Å². The fourth-order valence-corrected chi connectivity index (χ4v) is 0.733. The second-order valence-electron chi connectivity index (χ2n) is 2.59. The molecule has 0 bridgehead atoms. The normalized spacial score (nSPS) is 15.5. The molecule has 1 aliphatic rings. The van der Waals surface area contributed by atoms with Crippen molar-refractivity contribution in [3.63, 3.8) is 0 Å². The number of ether oxygens (including phenoxy) is 1. The van der Waals surface area contributed by atoms with E-state index in [0.717, 1.165) is 12.8 Å². The summed E-state index contributed by atoms with van der Waals surface area (Å²) >= 11 is 0. The first-order valence-corrected chi connectivity index (χ1v) is 4.18. The summed E-state index contributed by atoms with van der Waals surface area (Å²) in [5, 5.41) is 16.2. The van der Waals surface area contributed by atoms with Crippen LogP contribution >= 0.6 is 0 Å². The van der Waals surface area contributed by atoms with Gasteiger partial charge < -0.3 is 14.9 Å². The second-order valence-corrected chi connectivity index (χ2v) is 2.59. The molecule has 0 amide bonds. The van der Waals surface area contributed by atoms with Crippen molar-refractivity contribution in [3.8, 4) is 0 Å². The number of cyclic esters (lactones) is 1. The number of rotatable bonds is 2. The topological polar surface area (TPSA) is 66.8 Å². The summed E-state index contributed by atoms with van der Waals surface area (Å²) in [5.74, 6) is -0.0463. The molecule has 2 N–H and O–H groups in total. The largest absolute Gasteiger partial charge is 0.466 e. The standard InChI is InChI=1S/C4H6O2.C4H10O2/c5-4-2-1-3-6-4;1-2-3-4(5)6/h1-3H2;4-6H,2-3H2,1H3. The zero-order valence-electron chi connectivity index (χ0n) is 7.32. The van der Waals surface area contributed by atoms with Crippen molar-refractivity contribution in [2.75, 3.05) is 6.61 Å². The van der Waals surface area contributed by atoms with Gasteiger partial charge in [-0.3, -0.25) is 4.79 Å². The lowest BCUT2D eigenvalue weighted by Gasteiger charge is -1.94. The van der Waals surface area contributed by atoms with Crippen molar-refractivity contribution >= 4 is 5.97 Å². The van der Waals surface area contributed by atoms with Crippen molar-refractivity contribution in [3.05, 3.63) is 0 Å². The maximum Gasteiger partial charge on any atom is 0.305 e. The minimum atomic E-state index is -1.10. The second kappa shape index (κ2) is 7.06. The molecular formula is C8H16O4. The van der Waals surface area contributed by atoms with Crippen LogP contribution in [0, 0.1) is 0 Å². The van der Waals surface area contributed by atoms with Gasteiger partial charge in [0.1, 0.15) is 0 Å². The van der Waals surface area contributed by atoms with Crippen molar-refractivity contribution in [2.24, 2.45) is 0 Å². The van der Waals surface area contributed by atoms with Gasteiger partial charge in [-0.2, -0.15) is 0 Å². The number of carbonyl (C=O) groups is 1. The van der Waals surface area contributed by atoms with Gasteiger partial charge in [-0.1, -0.05) is 13.3 Å². The highest BCUT2D eigenvalue weighted by molar-refractivity contribution is 5.70. The summed E-state index contributed by atoms with van der Waals surface area (Å²) in [4.78, 5) is 10.0. The van der Waals surface area contributed by atoms with Crippen LogP contribution in [-0.2, 0) is 9.53 Å². The van der Waals surface area contributed by atoms with Crippen molar-refractivity contribution < 1.29 is 19.7 Å². The summed E-state index contributed by atoms with van der Waals surface area (Å²) in [6.45, 7) is 2.54. The molecule has 1 heterocycles. The highest BCUT2D eigenvalue weighted by atomic mass is 16.5. The highest BCUT2D eigenvalue weighted by Gasteiger charge is 2.08. The van der Waals surface area contributed by atoms with Gasteiger partial charge in [0.25, 0.3) is 0 Å². The number of aliphatic hydroxyl groups is 2. The number of carbonyl (C=O) groups excluding carboxylic acids is 1. The molecule has 1 aliphatic heterocycles. The molecule has 0 aromatic rings. The van der Waals surface area contributed by atoms with Crippen molar-refractivity contribution in [1.29, 1.82) is 0 Å². The number of esters is 1. The van der Waals surface area contributed by atoms with Gasteiger partial charge in [0.15, 0.2) is 6.29 Å². The van der Waals surface area contributed by atoms with E-state index in [9.17, 15) is 4.79 Å². The summed E-state index contributed by atoms with van der Waals surface area (Å²) in [7, 11) is 0. The van der Waals surface area contributed by atoms with E-state index in [1.807, 2.05) is 6.92 Å². The van der Waals surface area contributed by atoms with Crippen LogP contribution in [-0.4, -0.2) is 29.1 Å². The van der Waals surface area contributed by atoms with E-state index in [4.69, 9.17) is 10.2 Å². The molecule has 4 nitrogen and oxygen atoms in total. The molecule has 0 spiro atoms. The number of hydrogen-bond donors (Lipinski definition) is 2. The van der Waals surface area contributed by atoms with Crippen molar-refractivity contribution in [2.45, 2.75) is 38.9 Å². The van der Waals surface area contributed by atoms with Gasteiger partial charge in [-0.15, -0.1) is 0 Å². The Morgan fingerprint density at radius 3 is 2.33 bits per heavy atom. The molecule has 1 fully saturated rings. The third-order valence-corrected chi connectivity index (χ3v) is 1.34. The molecular weight excluding hydrogens is 160 g/mol. The fraction of sp³-hybridized carbons (Fsp3) is 0.875. The van der Waals surface area contributed by atoms with Crippen LogP contribution in [0.5, 0.6) is 0 Å². The summed E-state index contributed by atoms with van der Waals surface area (Å²) in [6, 6.07) is 0. The van der Waals surface area contributed by atoms with Gasteiger partial charge in [0, 0.05) is 6.42 Å². The molecule has 12 heavy (non-hydrogen) atoms. The molecule has 4 heteroatoms. The fourth-order valence-electron chi connectivity index (χ4n) is 0.733. The van der Waals surface area contributed by atoms with Crippen LogP contribution in [0.4, 0.5) is 0 Å². The summed E-state index contributed by atoms with van der Waals surface area (Å²) < 4.78 is 4.51. The Hall–Kier alpha value is -0.610. The van der Waals surface area contributed by atoms with Crippen molar-refractivity contribution in [1.82, 2.24) is 0 Å². The van der Waals surface area contributed by atoms with E-state index in [0.29, 0.717) is 19.4 Å². The first kappa shape index (κ1) is 11.4. The first-order chi connectivity index (χ1) is 5.66. The molecule has 72 valence electrons. The maximum absolute atomic E-state index is 10.0. The molecule has 1 saturated heterocycles. The lowest BCUT2D eigenvalue weighted by atomic mass is 10.3. The molecule has 0 radical (unpaired) electrons. The number of aliphatic hydroxyl groups excluding tert-OH is 1. The predicted molar refractivity (Wildman–Crippen MR) is 43.3 cm³/mol. The monoisotopic (exact) mass is 176 g/mol. The van der Waals surface area contributed by atoms with E-state index in [1.54, 1.807) is 0 Å². The molecule has 1 rings (SSSR count). The Bertz CT molecular complexity index is 114. The summed E-state index contributed by atoms with van der Waals surface area (Å²) in [6.07, 6.45) is 1.76. The van der Waals surface area contributed by atoms with Gasteiger partial charge in [0.2, 0.25) is 0 Å². The van der Waals surface area contributed by atoms with Crippen LogP contribution in [0.3, 0.4) is 0 Å². The first-order valence-electron chi connectivity index (χ1n) is 4.18. The smallest absolute Gasteiger partial charge is 0.305 e. The van der Waals surface area contributed by atoms with Gasteiger partial charge in [-0.25, -0.2) is 0 Å². The molecule has 0 atom stereocenters. The minimum absolute atomic E-state index is 0.0463. The van der Waals surface area contributed by atoms with Gasteiger partial charge in [-0.05, 0) is 12.8 Å². The van der Waals surface area contributed by atoms with Crippen LogP contribution in [0.25, 0.3) is 0 Å². The average Bonchev–Trinajstić information content (AvgIpc) is 2.40. The Labute approximate surface area is 72.2 Å². The maximum atomic E-state index is 10.0. The van der Waals surface area contributed by atoms with E-state index in [-0.39, 0.29) is 5.97 Å². The van der Waals surface area contributed by atoms with Gasteiger partial charge in [0.05, 0.1) is 6.61 Å². The average molecular weight is 176 g/mol. The van der Waals surface area contributed by atoms with Crippen LogP contribution in [0.15, 0.2) is 0 Å². The summed E-state index contributed by atoms with van der Waals surface area (Å²) in [5.41, 5.74) is 0. The van der Waals surface area contributed by atoms with E-state index < -0.39 is 6.29 Å². The lowest BCUT2D eigenvalue weighted by Crippen LogP contribution is -2.01. The number of hydrogen-bond acceptors (Lipinski definition) is 4. The molecule has 0 saturated carbocycles. The Morgan fingerprint density at radius 2 is 2.25 bits per heavy atom. The third-order valence-electron chi connectivity index (χ3n) is 1.34. The van der Waals surface area contributed by atoms with E-state index in [1.165, 1.54) is 0 Å². The Balaban J connectivity index is 0.000000202. The minimum Gasteiger partial charge on any atom is -0.466 e. The Kier molecular flexibility index (Phi) is 6.70. The van der Waals surface area contributed by atoms with Crippen LogP contribution in [0.1, 0.15) is 32.6 Å². The zero-order valence-corrected chi connectivity index (χ0v) is 7.32. The lowest BCUT2D eigenvalue weighted by molar-refractivity contribution is -0.137. The van der Waals surface area contributed by atoms with E-state index in [2.05, 4.69) is 4.74 Å².